The van der Waals surface area contributed by atoms with Crippen LogP contribution in [0.25, 0.3) is 11.1 Å². The second-order valence-corrected chi connectivity index (χ2v) is 9.64. The van der Waals surface area contributed by atoms with E-state index in [1.165, 1.54) is 6.92 Å². The van der Waals surface area contributed by atoms with E-state index in [9.17, 15) is 9.36 Å². The van der Waals surface area contributed by atoms with Gasteiger partial charge < -0.3 is 25.6 Å². The average molecular weight is 505 g/mol. The molecule has 0 aliphatic carbocycles. The zero-order valence-corrected chi connectivity index (χ0v) is 20.1. The summed E-state index contributed by atoms with van der Waals surface area (Å²) in [4.78, 5) is 29.8. The Morgan fingerprint density at radius 1 is 1.00 bits per heavy atom. The number of carbonyl (C=O) groups excluding carboxylic acids is 1. The minimum absolute atomic E-state index is 0.461. The minimum Gasteiger partial charge on any atom is -0.493 e. The molecule has 8 nitrogen and oxygen atoms in total. The zero-order chi connectivity index (χ0) is 24.8. The standard InChI is InChI=1S/C24H26ClN2O6P/c1-24(26,16-33-34(29,30)31)23(28)27-21-10-12-22(13-11-21)32-15-14-17-2-4-18(5-3-17)19-6-8-20(25)9-7-19/h2-13H,14-16,26H2,1H3,(H,27,28)(H2,29,30,31). The van der Waals surface area contributed by atoms with Crippen molar-refractivity contribution in [2.45, 2.75) is 18.9 Å². The third-order valence-corrected chi connectivity index (χ3v) is 5.67. The number of phosphoric acid groups is 1. The van der Waals surface area contributed by atoms with Gasteiger partial charge in [0, 0.05) is 17.1 Å². The van der Waals surface area contributed by atoms with Gasteiger partial charge in [0.2, 0.25) is 5.91 Å². The normalized spacial score (nSPS) is 13.2. The topological polar surface area (TPSA) is 131 Å². The fraction of sp³-hybridized carbons (Fsp3) is 0.208. The van der Waals surface area contributed by atoms with Crippen LogP contribution in [0.1, 0.15) is 12.5 Å². The van der Waals surface area contributed by atoms with E-state index >= 15 is 0 Å². The molecular formula is C24H26ClN2O6P. The van der Waals surface area contributed by atoms with E-state index in [2.05, 4.69) is 34.1 Å². The first-order chi connectivity index (χ1) is 16.0. The number of rotatable bonds is 10. The summed E-state index contributed by atoms with van der Waals surface area (Å²) in [7, 11) is -4.72. The molecule has 0 heterocycles. The molecule has 0 radical (unpaired) electrons. The van der Waals surface area contributed by atoms with Crippen molar-refractivity contribution in [2.24, 2.45) is 5.73 Å². The molecule has 0 fully saturated rings. The lowest BCUT2D eigenvalue weighted by atomic mass is 10.0. The van der Waals surface area contributed by atoms with Crippen LogP contribution >= 0.6 is 19.4 Å². The Labute approximate surface area is 202 Å². The van der Waals surface area contributed by atoms with Crippen molar-refractivity contribution in [1.29, 1.82) is 0 Å². The molecule has 5 N–H and O–H groups in total. The van der Waals surface area contributed by atoms with Gasteiger partial charge in [-0.2, -0.15) is 0 Å². The van der Waals surface area contributed by atoms with Crippen LogP contribution in [0.2, 0.25) is 5.02 Å². The molecule has 3 rings (SSSR count). The molecule has 0 saturated heterocycles. The lowest BCUT2D eigenvalue weighted by molar-refractivity contribution is -0.121. The maximum absolute atomic E-state index is 12.3. The van der Waals surface area contributed by atoms with Gasteiger partial charge in [0.1, 0.15) is 11.3 Å². The van der Waals surface area contributed by atoms with E-state index < -0.39 is 25.9 Å². The predicted octanol–water partition coefficient (Wildman–Crippen LogP) is 4.39. The Morgan fingerprint density at radius 3 is 2.12 bits per heavy atom. The van der Waals surface area contributed by atoms with E-state index in [-0.39, 0.29) is 0 Å². The van der Waals surface area contributed by atoms with Crippen molar-refractivity contribution in [3.05, 3.63) is 83.4 Å². The number of hydrogen-bond donors (Lipinski definition) is 4. The van der Waals surface area contributed by atoms with Crippen molar-refractivity contribution < 1.29 is 28.4 Å². The molecule has 0 aromatic heterocycles. The second kappa shape index (κ2) is 11.1. The minimum atomic E-state index is -4.72. The van der Waals surface area contributed by atoms with E-state index in [1.54, 1.807) is 24.3 Å². The summed E-state index contributed by atoms with van der Waals surface area (Å²) in [6, 6.07) is 22.7. The molecular weight excluding hydrogens is 479 g/mol. The third kappa shape index (κ3) is 7.95. The van der Waals surface area contributed by atoms with Gasteiger partial charge in [0.25, 0.3) is 0 Å². The number of nitrogens with two attached hydrogens (primary N) is 1. The smallest absolute Gasteiger partial charge is 0.469 e. The average Bonchev–Trinajstić information content (AvgIpc) is 2.79. The van der Waals surface area contributed by atoms with Crippen LogP contribution in [0.3, 0.4) is 0 Å². The first-order valence-electron chi connectivity index (χ1n) is 10.4. The number of amides is 1. The summed E-state index contributed by atoms with van der Waals surface area (Å²) in [5, 5.41) is 3.30. The van der Waals surface area contributed by atoms with Gasteiger partial charge in [-0.1, -0.05) is 48.0 Å². The molecule has 0 saturated carbocycles. The second-order valence-electron chi connectivity index (χ2n) is 7.96. The fourth-order valence-electron chi connectivity index (χ4n) is 2.99. The highest BCUT2D eigenvalue weighted by molar-refractivity contribution is 7.46. The summed E-state index contributed by atoms with van der Waals surface area (Å²) in [5.74, 6) is -0.00667. The number of hydrogen-bond acceptors (Lipinski definition) is 5. The van der Waals surface area contributed by atoms with Crippen LogP contribution in [0.5, 0.6) is 5.75 Å². The molecule has 0 aliphatic heterocycles. The van der Waals surface area contributed by atoms with Crippen molar-refractivity contribution in [1.82, 2.24) is 0 Å². The van der Waals surface area contributed by atoms with Crippen LogP contribution in [-0.4, -0.2) is 34.4 Å². The molecule has 0 aliphatic rings. The summed E-state index contributed by atoms with van der Waals surface area (Å²) in [5.41, 5.74) is 7.99. The number of benzene rings is 3. The molecule has 0 spiro atoms. The van der Waals surface area contributed by atoms with E-state index in [0.717, 1.165) is 23.1 Å². The predicted molar refractivity (Wildman–Crippen MR) is 132 cm³/mol. The number of phosphoric ester groups is 1. The summed E-state index contributed by atoms with van der Waals surface area (Å²) in [6.07, 6.45) is 0.727. The molecule has 34 heavy (non-hydrogen) atoms. The first-order valence-corrected chi connectivity index (χ1v) is 12.3. The Hall–Kier alpha value is -2.71. The Kier molecular flexibility index (Phi) is 8.49. The highest BCUT2D eigenvalue weighted by Crippen LogP contribution is 2.36. The maximum Gasteiger partial charge on any atom is 0.469 e. The molecule has 3 aromatic rings. The van der Waals surface area contributed by atoms with E-state index in [1.807, 2.05) is 24.3 Å². The van der Waals surface area contributed by atoms with Gasteiger partial charge in [0.05, 0.1) is 13.2 Å². The largest absolute Gasteiger partial charge is 0.493 e. The highest BCUT2D eigenvalue weighted by Gasteiger charge is 2.32. The van der Waals surface area contributed by atoms with Gasteiger partial charge in [0.15, 0.2) is 0 Å². The van der Waals surface area contributed by atoms with Crippen molar-refractivity contribution in [3.8, 4) is 16.9 Å². The summed E-state index contributed by atoms with van der Waals surface area (Å²) in [6.45, 7) is 1.16. The highest BCUT2D eigenvalue weighted by atomic mass is 35.5. The molecule has 10 heteroatoms. The summed E-state index contributed by atoms with van der Waals surface area (Å²) < 4.78 is 20.9. The zero-order valence-electron chi connectivity index (χ0n) is 18.5. The molecule has 180 valence electrons. The van der Waals surface area contributed by atoms with Crippen molar-refractivity contribution in [3.63, 3.8) is 0 Å². The molecule has 0 bridgehead atoms. The Bertz CT molecular complexity index is 1150. The van der Waals surface area contributed by atoms with Crippen LogP contribution in [0, 0.1) is 0 Å². The van der Waals surface area contributed by atoms with Crippen molar-refractivity contribution >= 4 is 31.0 Å². The van der Waals surface area contributed by atoms with Crippen LogP contribution in [0.15, 0.2) is 72.8 Å². The maximum atomic E-state index is 12.3. The number of anilines is 1. The summed E-state index contributed by atoms with van der Waals surface area (Å²) >= 11 is 5.94. The third-order valence-electron chi connectivity index (χ3n) is 4.95. The molecule has 1 atom stereocenters. The number of carbonyl (C=O) groups is 1. The number of nitrogens with one attached hydrogen (secondary N) is 1. The van der Waals surface area contributed by atoms with Gasteiger partial charge >= 0.3 is 7.82 Å². The number of ether oxygens (including phenoxy) is 1. The van der Waals surface area contributed by atoms with Crippen LogP contribution < -0.4 is 15.8 Å². The SMILES string of the molecule is CC(N)(COP(=O)(O)O)C(=O)Nc1ccc(OCCc2ccc(-c3ccc(Cl)cc3)cc2)cc1. The van der Waals surface area contributed by atoms with Crippen LogP contribution in [0.4, 0.5) is 5.69 Å². The quantitative estimate of drug-likeness (QED) is 0.301. The van der Waals surface area contributed by atoms with Crippen LogP contribution in [-0.2, 0) is 20.3 Å². The number of halogens is 1. The van der Waals surface area contributed by atoms with Crippen molar-refractivity contribution in [2.75, 3.05) is 18.5 Å². The van der Waals surface area contributed by atoms with Gasteiger partial charge in [-0.15, -0.1) is 0 Å². The molecule has 1 amide bonds. The van der Waals surface area contributed by atoms with Gasteiger partial charge in [-0.3, -0.25) is 9.32 Å². The Morgan fingerprint density at radius 2 is 1.56 bits per heavy atom. The fourth-order valence-corrected chi connectivity index (χ4v) is 3.55. The molecule has 3 aromatic carbocycles. The monoisotopic (exact) mass is 504 g/mol. The van der Waals surface area contributed by atoms with Gasteiger partial charge in [-0.05, 0) is 60.0 Å². The Balaban J connectivity index is 1.47. The van der Waals surface area contributed by atoms with Gasteiger partial charge in [-0.25, -0.2) is 4.57 Å². The molecule has 1 unspecified atom stereocenters. The lowest BCUT2D eigenvalue weighted by Gasteiger charge is -2.23. The van der Waals surface area contributed by atoms with E-state index in [0.29, 0.717) is 23.1 Å². The lowest BCUT2D eigenvalue weighted by Crippen LogP contribution is -2.52. The van der Waals surface area contributed by atoms with E-state index in [4.69, 9.17) is 31.9 Å². The first kappa shape index (κ1) is 25.9.